The van der Waals surface area contributed by atoms with Gasteiger partial charge in [-0.2, -0.15) is 0 Å². The molecule has 0 aliphatic rings. The Hall–Kier alpha value is -1.13. The van der Waals surface area contributed by atoms with E-state index in [-0.39, 0.29) is 12.5 Å². The van der Waals surface area contributed by atoms with Crippen LogP contribution in [0.1, 0.15) is 25.1 Å². The quantitative estimate of drug-likeness (QED) is 0.909. The van der Waals surface area contributed by atoms with Crippen LogP contribution in [0.25, 0.3) is 11.3 Å². The number of nitrogens with zero attached hydrogens (tertiary/aromatic N) is 1. The van der Waals surface area contributed by atoms with Crippen LogP contribution in [0.4, 0.5) is 0 Å². The lowest BCUT2D eigenvalue weighted by atomic mass is 10.1. The Labute approximate surface area is 109 Å². The SMILES string of the molecule is CCC(CO)c1ncc(-c2cccc(Br)c2)[nH]1. The average molecular weight is 295 g/mol. The van der Waals surface area contributed by atoms with E-state index >= 15 is 0 Å². The number of hydrogen-bond acceptors (Lipinski definition) is 2. The monoisotopic (exact) mass is 294 g/mol. The van der Waals surface area contributed by atoms with E-state index in [4.69, 9.17) is 0 Å². The fourth-order valence-corrected chi connectivity index (χ4v) is 2.15. The van der Waals surface area contributed by atoms with E-state index in [0.717, 1.165) is 28.0 Å². The van der Waals surface area contributed by atoms with Gasteiger partial charge in [-0.1, -0.05) is 35.0 Å². The van der Waals surface area contributed by atoms with Gasteiger partial charge in [0, 0.05) is 16.0 Å². The number of imidazole rings is 1. The standard InChI is InChI=1S/C13H15BrN2O/c1-2-9(8-17)13-15-7-12(16-13)10-4-3-5-11(14)6-10/h3-7,9,17H,2,8H2,1H3,(H,15,16). The van der Waals surface area contributed by atoms with Gasteiger partial charge in [0.15, 0.2) is 0 Å². The lowest BCUT2D eigenvalue weighted by Gasteiger charge is -2.07. The van der Waals surface area contributed by atoms with Crippen LogP contribution >= 0.6 is 15.9 Å². The fourth-order valence-electron chi connectivity index (χ4n) is 1.76. The van der Waals surface area contributed by atoms with Crippen LogP contribution in [0, 0.1) is 0 Å². The summed E-state index contributed by atoms with van der Waals surface area (Å²) in [5.74, 6) is 0.945. The molecule has 1 aromatic heterocycles. The highest BCUT2D eigenvalue weighted by Crippen LogP contribution is 2.23. The molecule has 2 aromatic rings. The number of rotatable bonds is 4. The predicted molar refractivity (Wildman–Crippen MR) is 71.8 cm³/mol. The zero-order valence-corrected chi connectivity index (χ0v) is 11.2. The molecule has 4 heteroatoms. The number of aliphatic hydroxyl groups excluding tert-OH is 1. The molecule has 0 bridgehead atoms. The van der Waals surface area contributed by atoms with Gasteiger partial charge >= 0.3 is 0 Å². The Bertz CT molecular complexity index is 492. The third-order valence-electron chi connectivity index (χ3n) is 2.83. The molecule has 0 aliphatic heterocycles. The molecule has 90 valence electrons. The Morgan fingerprint density at radius 3 is 2.94 bits per heavy atom. The summed E-state index contributed by atoms with van der Waals surface area (Å²) in [7, 11) is 0. The van der Waals surface area contributed by atoms with Gasteiger partial charge in [0.1, 0.15) is 5.82 Å². The molecule has 2 N–H and O–H groups in total. The summed E-state index contributed by atoms with van der Waals surface area (Å²) in [6.07, 6.45) is 2.69. The van der Waals surface area contributed by atoms with Gasteiger partial charge in [0.2, 0.25) is 0 Å². The van der Waals surface area contributed by atoms with Crippen LogP contribution in [0.5, 0.6) is 0 Å². The van der Waals surface area contributed by atoms with Gasteiger partial charge in [0.05, 0.1) is 18.5 Å². The third-order valence-corrected chi connectivity index (χ3v) is 3.32. The lowest BCUT2D eigenvalue weighted by Crippen LogP contribution is -2.04. The molecule has 3 nitrogen and oxygen atoms in total. The van der Waals surface area contributed by atoms with Crippen molar-refractivity contribution in [2.75, 3.05) is 6.61 Å². The molecule has 0 radical (unpaired) electrons. The molecule has 17 heavy (non-hydrogen) atoms. The summed E-state index contributed by atoms with van der Waals surface area (Å²) in [4.78, 5) is 7.60. The summed E-state index contributed by atoms with van der Waals surface area (Å²) in [5, 5.41) is 9.24. The highest BCUT2D eigenvalue weighted by Gasteiger charge is 2.12. The second-order valence-electron chi connectivity index (χ2n) is 3.98. The van der Waals surface area contributed by atoms with Crippen molar-refractivity contribution in [2.45, 2.75) is 19.3 Å². The molecule has 1 atom stereocenters. The summed E-state index contributed by atoms with van der Waals surface area (Å²) in [6.45, 7) is 2.17. The lowest BCUT2D eigenvalue weighted by molar-refractivity contribution is 0.258. The first-order valence-corrected chi connectivity index (χ1v) is 6.45. The van der Waals surface area contributed by atoms with Crippen molar-refractivity contribution >= 4 is 15.9 Å². The molecule has 0 spiro atoms. The first-order valence-electron chi connectivity index (χ1n) is 5.66. The van der Waals surface area contributed by atoms with Crippen LogP contribution < -0.4 is 0 Å². The van der Waals surface area contributed by atoms with Gasteiger partial charge in [-0.25, -0.2) is 4.98 Å². The second-order valence-corrected chi connectivity index (χ2v) is 4.90. The minimum atomic E-state index is 0.0934. The molecule has 0 amide bonds. The van der Waals surface area contributed by atoms with Crippen molar-refractivity contribution in [2.24, 2.45) is 0 Å². The molecule has 0 fully saturated rings. The number of hydrogen-bond donors (Lipinski definition) is 2. The maximum atomic E-state index is 9.24. The first-order chi connectivity index (χ1) is 8.24. The average Bonchev–Trinajstić information content (AvgIpc) is 2.80. The van der Waals surface area contributed by atoms with Crippen LogP contribution in [0.15, 0.2) is 34.9 Å². The summed E-state index contributed by atoms with van der Waals surface area (Å²) in [6, 6.07) is 8.05. The Kier molecular flexibility index (Phi) is 3.97. The number of nitrogens with one attached hydrogen (secondary N) is 1. The van der Waals surface area contributed by atoms with Gasteiger partial charge in [-0.05, 0) is 18.6 Å². The molecule has 2 rings (SSSR count). The molecule has 1 heterocycles. The number of halogens is 1. The summed E-state index contributed by atoms with van der Waals surface area (Å²) >= 11 is 3.45. The number of aliphatic hydroxyl groups is 1. The number of H-pyrrole nitrogens is 1. The maximum absolute atomic E-state index is 9.24. The van der Waals surface area contributed by atoms with E-state index in [2.05, 4.69) is 25.9 Å². The minimum absolute atomic E-state index is 0.0934. The van der Waals surface area contributed by atoms with Gasteiger partial charge < -0.3 is 10.1 Å². The first kappa shape index (κ1) is 12.3. The van der Waals surface area contributed by atoms with Crippen LogP contribution in [0.3, 0.4) is 0 Å². The molecular weight excluding hydrogens is 280 g/mol. The van der Waals surface area contributed by atoms with E-state index in [1.165, 1.54) is 0 Å². The Morgan fingerprint density at radius 2 is 2.29 bits per heavy atom. The smallest absolute Gasteiger partial charge is 0.111 e. The van der Waals surface area contributed by atoms with Crippen LogP contribution in [-0.2, 0) is 0 Å². The zero-order valence-electron chi connectivity index (χ0n) is 9.65. The molecule has 0 aliphatic carbocycles. The van der Waals surface area contributed by atoms with Crippen molar-refractivity contribution in [1.29, 1.82) is 0 Å². The molecule has 0 saturated carbocycles. The van der Waals surface area contributed by atoms with Gasteiger partial charge in [0.25, 0.3) is 0 Å². The fraction of sp³-hybridized carbons (Fsp3) is 0.308. The largest absolute Gasteiger partial charge is 0.396 e. The number of aromatic amines is 1. The predicted octanol–water partition coefficient (Wildman–Crippen LogP) is 3.33. The van der Waals surface area contributed by atoms with Crippen molar-refractivity contribution < 1.29 is 5.11 Å². The van der Waals surface area contributed by atoms with Crippen LogP contribution in [0.2, 0.25) is 0 Å². The van der Waals surface area contributed by atoms with E-state index in [1.807, 2.05) is 37.4 Å². The van der Waals surface area contributed by atoms with Crippen molar-refractivity contribution in [3.8, 4) is 11.3 Å². The second kappa shape index (κ2) is 5.47. The summed E-state index contributed by atoms with van der Waals surface area (Å²) < 4.78 is 1.04. The molecule has 1 unspecified atom stereocenters. The highest BCUT2D eigenvalue weighted by molar-refractivity contribution is 9.10. The van der Waals surface area contributed by atoms with E-state index in [9.17, 15) is 5.11 Å². The number of aromatic nitrogens is 2. The zero-order chi connectivity index (χ0) is 12.3. The van der Waals surface area contributed by atoms with Crippen molar-refractivity contribution in [3.63, 3.8) is 0 Å². The van der Waals surface area contributed by atoms with Crippen molar-refractivity contribution in [1.82, 2.24) is 9.97 Å². The Balaban J connectivity index is 2.29. The Morgan fingerprint density at radius 1 is 1.47 bits per heavy atom. The highest BCUT2D eigenvalue weighted by atomic mass is 79.9. The van der Waals surface area contributed by atoms with Crippen molar-refractivity contribution in [3.05, 3.63) is 40.8 Å². The third kappa shape index (κ3) is 2.76. The molecule has 0 saturated heterocycles. The minimum Gasteiger partial charge on any atom is -0.396 e. The van der Waals surface area contributed by atoms with Gasteiger partial charge in [-0.15, -0.1) is 0 Å². The van der Waals surface area contributed by atoms with E-state index in [1.54, 1.807) is 0 Å². The maximum Gasteiger partial charge on any atom is 0.111 e. The van der Waals surface area contributed by atoms with Gasteiger partial charge in [-0.3, -0.25) is 0 Å². The van der Waals surface area contributed by atoms with E-state index in [0.29, 0.717) is 0 Å². The van der Waals surface area contributed by atoms with Crippen LogP contribution in [-0.4, -0.2) is 21.7 Å². The molecular formula is C13H15BrN2O. The number of benzene rings is 1. The topological polar surface area (TPSA) is 48.9 Å². The molecule has 1 aromatic carbocycles. The normalized spacial score (nSPS) is 12.6. The van der Waals surface area contributed by atoms with E-state index < -0.39 is 0 Å². The summed E-state index contributed by atoms with van der Waals surface area (Å²) in [5.41, 5.74) is 2.07.